The molecule has 3 heterocycles. The number of nitrogens with zero attached hydrogens (tertiary/aromatic N) is 6. The Morgan fingerprint density at radius 3 is 2.28 bits per heavy atom. The van der Waals surface area contributed by atoms with Crippen molar-refractivity contribution in [3.05, 3.63) is 40.0 Å². The molecule has 7 nitrogen and oxygen atoms in total. The molecule has 2 aromatic rings. The van der Waals surface area contributed by atoms with Gasteiger partial charge in [0.05, 0.1) is 11.9 Å². The summed E-state index contributed by atoms with van der Waals surface area (Å²) in [5.74, 6) is 0.604. The summed E-state index contributed by atoms with van der Waals surface area (Å²) in [5, 5.41) is 3.34. The lowest BCUT2D eigenvalue weighted by Gasteiger charge is -2.36. The summed E-state index contributed by atoms with van der Waals surface area (Å²) in [7, 11) is 0. The van der Waals surface area contributed by atoms with Crippen molar-refractivity contribution in [2.45, 2.75) is 12.7 Å². The monoisotopic (exact) mass is 374 g/mol. The topological polar surface area (TPSA) is 67.2 Å². The summed E-state index contributed by atoms with van der Waals surface area (Å²) >= 11 is 5.99. The van der Waals surface area contributed by atoms with Crippen LogP contribution in [0.1, 0.15) is 0 Å². The van der Waals surface area contributed by atoms with Crippen molar-refractivity contribution in [1.29, 1.82) is 0 Å². The van der Waals surface area contributed by atoms with E-state index in [1.54, 1.807) is 18.5 Å². The molecule has 1 fully saturated rings. The molecule has 1 saturated heterocycles. The summed E-state index contributed by atoms with van der Waals surface area (Å²) in [4.78, 5) is 24.1. The molecule has 3 rings (SSSR count). The summed E-state index contributed by atoms with van der Waals surface area (Å²) in [5.41, 5.74) is -0.621. The molecule has 11 heteroatoms. The SMILES string of the molecule is O=c1c(Cl)c(N2CCN(c3ncccn3)CC2)cnn1CC(F)(F)F. The molecule has 0 aromatic carbocycles. The molecule has 134 valence electrons. The van der Waals surface area contributed by atoms with Gasteiger partial charge in [-0.25, -0.2) is 14.6 Å². The van der Waals surface area contributed by atoms with Gasteiger partial charge in [-0.1, -0.05) is 11.6 Å². The first-order chi connectivity index (χ1) is 11.8. The zero-order chi connectivity index (χ0) is 18.0. The number of anilines is 2. The molecule has 0 bridgehead atoms. The minimum Gasteiger partial charge on any atom is -0.365 e. The van der Waals surface area contributed by atoms with Crippen LogP contribution in [-0.2, 0) is 6.54 Å². The fourth-order valence-electron chi connectivity index (χ4n) is 2.56. The zero-order valence-electron chi connectivity index (χ0n) is 12.9. The van der Waals surface area contributed by atoms with Gasteiger partial charge in [-0.15, -0.1) is 0 Å². The first-order valence-electron chi connectivity index (χ1n) is 7.44. The summed E-state index contributed by atoms with van der Waals surface area (Å²) in [6.07, 6.45) is -0.0429. The highest BCUT2D eigenvalue weighted by Gasteiger charge is 2.30. The van der Waals surface area contributed by atoms with Crippen LogP contribution in [0.5, 0.6) is 0 Å². The van der Waals surface area contributed by atoms with Crippen molar-refractivity contribution in [2.75, 3.05) is 36.0 Å². The maximum atomic E-state index is 12.4. The molecule has 1 aliphatic heterocycles. The zero-order valence-corrected chi connectivity index (χ0v) is 13.7. The quantitative estimate of drug-likeness (QED) is 0.812. The van der Waals surface area contributed by atoms with Gasteiger partial charge in [-0.05, 0) is 6.07 Å². The van der Waals surface area contributed by atoms with Gasteiger partial charge in [0.1, 0.15) is 11.6 Å². The molecule has 0 atom stereocenters. The Bertz CT molecular complexity index is 789. The normalized spacial score (nSPS) is 15.5. The third kappa shape index (κ3) is 4.01. The smallest absolute Gasteiger partial charge is 0.365 e. The van der Waals surface area contributed by atoms with Gasteiger partial charge in [0.2, 0.25) is 5.95 Å². The van der Waals surface area contributed by atoms with Crippen molar-refractivity contribution in [1.82, 2.24) is 19.7 Å². The highest BCUT2D eigenvalue weighted by molar-refractivity contribution is 6.33. The van der Waals surface area contributed by atoms with Crippen LogP contribution < -0.4 is 15.4 Å². The number of hydrogen-bond acceptors (Lipinski definition) is 6. The second-order valence-electron chi connectivity index (χ2n) is 5.44. The Morgan fingerprint density at radius 2 is 1.68 bits per heavy atom. The molecule has 1 aliphatic rings. The number of alkyl halides is 3. The van der Waals surface area contributed by atoms with Crippen LogP contribution in [0.3, 0.4) is 0 Å². The van der Waals surface area contributed by atoms with E-state index in [4.69, 9.17) is 11.6 Å². The number of hydrogen-bond donors (Lipinski definition) is 0. The standard InChI is InChI=1S/C14H14ClF3N6O/c15-11-10(8-21-24(12(11)25)9-14(16,17)18)22-4-6-23(7-5-22)13-19-2-1-3-20-13/h1-3,8H,4-7,9H2. The molecule has 0 saturated carbocycles. The van der Waals surface area contributed by atoms with E-state index in [1.807, 2.05) is 9.80 Å². The Labute approximate surface area is 145 Å². The lowest BCUT2D eigenvalue weighted by Crippen LogP contribution is -2.47. The first-order valence-corrected chi connectivity index (χ1v) is 7.82. The molecule has 0 spiro atoms. The van der Waals surface area contributed by atoms with Crippen LogP contribution in [0, 0.1) is 0 Å². The average Bonchev–Trinajstić information content (AvgIpc) is 2.59. The fraction of sp³-hybridized carbons (Fsp3) is 0.429. The lowest BCUT2D eigenvalue weighted by atomic mass is 10.3. The Hall–Kier alpha value is -2.36. The summed E-state index contributed by atoms with van der Waals surface area (Å²) in [6.45, 7) is 0.744. The number of halogens is 4. The molecule has 25 heavy (non-hydrogen) atoms. The lowest BCUT2D eigenvalue weighted by molar-refractivity contribution is -0.143. The summed E-state index contributed by atoms with van der Waals surface area (Å²) < 4.78 is 37.6. The van der Waals surface area contributed by atoms with Gasteiger partial charge in [0.15, 0.2) is 0 Å². The van der Waals surface area contributed by atoms with Crippen LogP contribution >= 0.6 is 11.6 Å². The number of rotatable bonds is 3. The van der Waals surface area contributed by atoms with Crippen LogP contribution in [0.25, 0.3) is 0 Å². The Balaban J connectivity index is 1.73. The fourth-order valence-corrected chi connectivity index (χ4v) is 2.83. The van der Waals surface area contributed by atoms with E-state index in [0.717, 1.165) is 0 Å². The van der Waals surface area contributed by atoms with Gasteiger partial charge in [-0.2, -0.15) is 18.3 Å². The van der Waals surface area contributed by atoms with Crippen molar-refractivity contribution >= 4 is 23.2 Å². The molecule has 0 N–H and O–H groups in total. The third-order valence-corrected chi connectivity index (χ3v) is 4.11. The van der Waals surface area contributed by atoms with E-state index in [9.17, 15) is 18.0 Å². The van der Waals surface area contributed by atoms with E-state index in [-0.39, 0.29) is 5.02 Å². The molecule has 0 unspecified atom stereocenters. The Kier molecular flexibility index (Phi) is 4.80. The predicted molar refractivity (Wildman–Crippen MR) is 86.0 cm³/mol. The summed E-state index contributed by atoms with van der Waals surface area (Å²) in [6, 6.07) is 1.72. The minimum absolute atomic E-state index is 0.260. The second-order valence-corrected chi connectivity index (χ2v) is 5.82. The number of piperazine rings is 1. The van der Waals surface area contributed by atoms with E-state index >= 15 is 0 Å². The second kappa shape index (κ2) is 6.87. The maximum Gasteiger partial charge on any atom is 0.408 e. The Morgan fingerprint density at radius 1 is 1.08 bits per heavy atom. The van der Waals surface area contributed by atoms with Crippen molar-refractivity contribution in [3.8, 4) is 0 Å². The van der Waals surface area contributed by atoms with Gasteiger partial charge in [-0.3, -0.25) is 4.79 Å². The van der Waals surface area contributed by atoms with Crippen LogP contribution in [0.2, 0.25) is 5.02 Å². The highest BCUT2D eigenvalue weighted by Crippen LogP contribution is 2.24. The molecular weight excluding hydrogens is 361 g/mol. The van der Waals surface area contributed by atoms with Crippen LogP contribution in [-0.4, -0.2) is 52.1 Å². The van der Waals surface area contributed by atoms with Crippen molar-refractivity contribution in [2.24, 2.45) is 0 Å². The third-order valence-electron chi connectivity index (χ3n) is 3.75. The van der Waals surface area contributed by atoms with E-state index < -0.39 is 18.3 Å². The predicted octanol–water partition coefficient (Wildman–Crippen LogP) is 1.58. The largest absolute Gasteiger partial charge is 0.408 e. The van der Waals surface area contributed by atoms with E-state index in [0.29, 0.717) is 42.5 Å². The van der Waals surface area contributed by atoms with Crippen molar-refractivity contribution in [3.63, 3.8) is 0 Å². The molecule has 0 amide bonds. The van der Waals surface area contributed by atoms with Crippen LogP contribution in [0.4, 0.5) is 24.8 Å². The average molecular weight is 375 g/mol. The van der Waals surface area contributed by atoms with Crippen molar-refractivity contribution < 1.29 is 13.2 Å². The first kappa shape index (κ1) is 17.5. The molecular formula is C14H14ClF3N6O. The van der Waals surface area contributed by atoms with Gasteiger partial charge in [0, 0.05) is 38.6 Å². The van der Waals surface area contributed by atoms with E-state index in [1.165, 1.54) is 6.20 Å². The molecule has 0 radical (unpaired) electrons. The molecule has 2 aromatic heterocycles. The highest BCUT2D eigenvalue weighted by atomic mass is 35.5. The minimum atomic E-state index is -4.54. The van der Waals surface area contributed by atoms with Gasteiger partial charge in [0.25, 0.3) is 5.56 Å². The molecule has 0 aliphatic carbocycles. The maximum absolute atomic E-state index is 12.4. The van der Waals surface area contributed by atoms with E-state index in [2.05, 4.69) is 15.1 Å². The van der Waals surface area contributed by atoms with Gasteiger partial charge < -0.3 is 9.80 Å². The number of aromatic nitrogens is 4. The van der Waals surface area contributed by atoms with Crippen LogP contribution in [0.15, 0.2) is 29.5 Å². The van der Waals surface area contributed by atoms with Gasteiger partial charge >= 0.3 is 6.18 Å².